The Morgan fingerprint density at radius 3 is 2.26 bits per heavy atom. The zero-order valence-corrected chi connectivity index (χ0v) is 15.5. The second-order valence-corrected chi connectivity index (χ2v) is 6.85. The average molecular weight is 322 g/mol. The van der Waals surface area contributed by atoms with Gasteiger partial charge < -0.3 is 16.0 Å². The molecule has 0 saturated carbocycles. The zero-order chi connectivity index (χ0) is 16.8. The maximum atomic E-state index is 5.96. The Balaban J connectivity index is 1.87. The van der Waals surface area contributed by atoms with Gasteiger partial charge in [-0.1, -0.05) is 57.6 Å². The third kappa shape index (κ3) is 9.70. The van der Waals surface area contributed by atoms with E-state index in [0.29, 0.717) is 6.17 Å². The summed E-state index contributed by atoms with van der Waals surface area (Å²) in [4.78, 5) is 2.20. The van der Waals surface area contributed by atoms with Gasteiger partial charge in [0.25, 0.3) is 0 Å². The number of hydrogen-bond donors (Lipinski definition) is 2. The fourth-order valence-corrected chi connectivity index (χ4v) is 3.14. The van der Waals surface area contributed by atoms with Gasteiger partial charge in [-0.25, -0.2) is 0 Å². The van der Waals surface area contributed by atoms with Crippen molar-refractivity contribution in [2.75, 3.05) is 0 Å². The summed E-state index contributed by atoms with van der Waals surface area (Å²) in [6, 6.07) is 0. The number of nitrogens with two attached hydrogens (primary N) is 1. The Hall–Kier alpha value is -0.960. The largest absolute Gasteiger partial charge is 0.370 e. The van der Waals surface area contributed by atoms with Crippen molar-refractivity contribution in [2.45, 2.75) is 103 Å². The molecule has 0 radical (unpaired) electrons. The fourth-order valence-electron chi connectivity index (χ4n) is 3.14. The van der Waals surface area contributed by atoms with Gasteiger partial charge >= 0.3 is 0 Å². The van der Waals surface area contributed by atoms with Crippen LogP contribution in [0.4, 0.5) is 0 Å². The van der Waals surface area contributed by atoms with Crippen molar-refractivity contribution in [3.63, 3.8) is 0 Å². The molecule has 23 heavy (non-hydrogen) atoms. The van der Waals surface area contributed by atoms with Crippen LogP contribution in [0.5, 0.6) is 0 Å². The van der Waals surface area contributed by atoms with Crippen molar-refractivity contribution in [3.05, 3.63) is 24.6 Å². The normalized spacial score (nSPS) is 18.7. The minimum Gasteiger partial charge on any atom is -0.370 e. The van der Waals surface area contributed by atoms with Crippen LogP contribution in [-0.2, 0) is 0 Å². The molecule has 1 aliphatic rings. The van der Waals surface area contributed by atoms with E-state index in [-0.39, 0.29) is 6.17 Å². The van der Waals surface area contributed by atoms with Crippen LogP contribution in [0, 0.1) is 0 Å². The molecule has 0 fully saturated rings. The summed E-state index contributed by atoms with van der Waals surface area (Å²) in [5.41, 5.74) is 5.96. The van der Waals surface area contributed by atoms with Crippen molar-refractivity contribution in [3.8, 4) is 0 Å². The highest BCUT2D eigenvalue weighted by Crippen LogP contribution is 2.14. The van der Waals surface area contributed by atoms with E-state index in [1.165, 1.54) is 77.0 Å². The Bertz CT molecular complexity index is 323. The Kier molecular flexibility index (Phi) is 11.8. The lowest BCUT2D eigenvalue weighted by molar-refractivity contribution is 0.208. The summed E-state index contributed by atoms with van der Waals surface area (Å²) in [5.74, 6) is 0. The molecule has 0 aliphatic carbocycles. The van der Waals surface area contributed by atoms with E-state index in [4.69, 9.17) is 5.73 Å². The minimum absolute atomic E-state index is 0.0909. The summed E-state index contributed by atoms with van der Waals surface area (Å²) in [6.07, 6.45) is 25.3. The third-order valence-electron chi connectivity index (χ3n) is 4.60. The van der Waals surface area contributed by atoms with Crippen LogP contribution >= 0.6 is 0 Å². The van der Waals surface area contributed by atoms with E-state index < -0.39 is 0 Å². The van der Waals surface area contributed by atoms with E-state index in [9.17, 15) is 0 Å². The lowest BCUT2D eigenvalue weighted by atomic mass is 10.1. The van der Waals surface area contributed by atoms with E-state index in [0.717, 1.165) is 0 Å². The van der Waals surface area contributed by atoms with Gasteiger partial charge in [0.05, 0.1) is 12.3 Å². The summed E-state index contributed by atoms with van der Waals surface area (Å²) in [7, 11) is 0. The van der Waals surface area contributed by atoms with Crippen LogP contribution in [0.3, 0.4) is 0 Å². The van der Waals surface area contributed by atoms with E-state index >= 15 is 0 Å². The summed E-state index contributed by atoms with van der Waals surface area (Å²) < 4.78 is 0. The van der Waals surface area contributed by atoms with Gasteiger partial charge in [-0.15, -0.1) is 0 Å². The van der Waals surface area contributed by atoms with Gasteiger partial charge in [0.15, 0.2) is 0 Å². The van der Waals surface area contributed by atoms with E-state index in [1.54, 1.807) is 0 Å². The first-order chi connectivity index (χ1) is 11.3. The van der Waals surface area contributed by atoms with Crippen molar-refractivity contribution in [1.29, 1.82) is 0 Å². The quantitative estimate of drug-likeness (QED) is 0.339. The molecule has 0 amide bonds. The molecule has 0 aromatic rings. The zero-order valence-electron chi connectivity index (χ0n) is 15.5. The van der Waals surface area contributed by atoms with Gasteiger partial charge in [0.2, 0.25) is 0 Å². The lowest BCUT2D eigenvalue weighted by Gasteiger charge is -2.28. The van der Waals surface area contributed by atoms with E-state index in [1.807, 2.05) is 13.1 Å². The van der Waals surface area contributed by atoms with Crippen LogP contribution in [0.25, 0.3) is 0 Å². The first-order valence-electron chi connectivity index (χ1n) is 9.86. The van der Waals surface area contributed by atoms with E-state index in [2.05, 4.69) is 35.5 Å². The second-order valence-electron chi connectivity index (χ2n) is 6.85. The number of nitrogens with one attached hydrogen (secondary N) is 1. The second kappa shape index (κ2) is 13.5. The van der Waals surface area contributed by atoms with Crippen molar-refractivity contribution in [1.82, 2.24) is 10.2 Å². The number of nitrogens with zero attached hydrogens (tertiary/aromatic N) is 1. The third-order valence-corrected chi connectivity index (χ3v) is 4.60. The summed E-state index contributed by atoms with van der Waals surface area (Å²) in [6.45, 7) is 4.32. The standard InChI is InChI=1S/C20H39N3/c1-3-4-5-6-7-8-9-10-11-12-13-14-15-16-20-22-17-18-23(20)19(2)21/h11-12,17-20,22H,3-10,13-16,21H2,1-2H3/b12-11+. The number of hydrogen-bond acceptors (Lipinski definition) is 3. The van der Waals surface area contributed by atoms with Crippen LogP contribution in [0.2, 0.25) is 0 Å². The number of allylic oxidation sites excluding steroid dienone is 2. The first kappa shape index (κ1) is 20.1. The van der Waals surface area contributed by atoms with Crippen molar-refractivity contribution in [2.24, 2.45) is 5.73 Å². The lowest BCUT2D eigenvalue weighted by Crippen LogP contribution is -2.44. The predicted molar refractivity (Wildman–Crippen MR) is 102 cm³/mol. The molecule has 0 bridgehead atoms. The molecule has 0 aromatic carbocycles. The SMILES string of the molecule is CCCCCCCCC/C=C/CCCCC1NC=CN1C(C)N. The van der Waals surface area contributed by atoms with Crippen LogP contribution in [0.15, 0.2) is 24.6 Å². The van der Waals surface area contributed by atoms with Gasteiger partial charge in [-0.05, 0) is 45.4 Å². The minimum atomic E-state index is 0.0909. The predicted octanol–water partition coefficient (Wildman–Crippen LogP) is 5.25. The molecule has 2 unspecified atom stereocenters. The topological polar surface area (TPSA) is 41.3 Å². The molecule has 0 aromatic heterocycles. The number of unbranched alkanes of at least 4 members (excludes halogenated alkanes) is 9. The van der Waals surface area contributed by atoms with Crippen LogP contribution in [-0.4, -0.2) is 17.2 Å². The molecule has 1 heterocycles. The molecule has 3 nitrogen and oxygen atoms in total. The fraction of sp³-hybridized carbons (Fsp3) is 0.800. The highest BCUT2D eigenvalue weighted by Gasteiger charge is 2.20. The molecule has 1 rings (SSSR count). The Morgan fingerprint density at radius 1 is 1.00 bits per heavy atom. The Labute approximate surface area is 144 Å². The van der Waals surface area contributed by atoms with Crippen LogP contribution in [0.1, 0.15) is 90.9 Å². The van der Waals surface area contributed by atoms with Crippen molar-refractivity contribution < 1.29 is 0 Å². The van der Waals surface area contributed by atoms with Gasteiger partial charge in [-0.3, -0.25) is 0 Å². The monoisotopic (exact) mass is 321 g/mol. The highest BCUT2D eigenvalue weighted by molar-refractivity contribution is 4.95. The Morgan fingerprint density at radius 2 is 1.61 bits per heavy atom. The van der Waals surface area contributed by atoms with Gasteiger partial charge in [0.1, 0.15) is 0 Å². The molecule has 3 heteroatoms. The first-order valence-corrected chi connectivity index (χ1v) is 9.86. The smallest absolute Gasteiger partial charge is 0.0995 e. The summed E-state index contributed by atoms with van der Waals surface area (Å²) >= 11 is 0. The number of rotatable bonds is 14. The molecule has 3 N–H and O–H groups in total. The molecule has 134 valence electrons. The average Bonchev–Trinajstić information content (AvgIpc) is 3.00. The van der Waals surface area contributed by atoms with Crippen molar-refractivity contribution >= 4 is 0 Å². The molecule has 0 spiro atoms. The maximum absolute atomic E-state index is 5.96. The van der Waals surface area contributed by atoms with Gasteiger partial charge in [0, 0.05) is 12.4 Å². The molecular weight excluding hydrogens is 282 g/mol. The summed E-state index contributed by atoms with van der Waals surface area (Å²) in [5, 5.41) is 3.38. The molecule has 0 saturated heterocycles. The van der Waals surface area contributed by atoms with Crippen LogP contribution < -0.4 is 11.1 Å². The molecule has 1 aliphatic heterocycles. The maximum Gasteiger partial charge on any atom is 0.0995 e. The highest BCUT2D eigenvalue weighted by atomic mass is 15.3. The molecular formula is C20H39N3. The van der Waals surface area contributed by atoms with Gasteiger partial charge in [-0.2, -0.15) is 0 Å². The molecule has 2 atom stereocenters.